The van der Waals surface area contributed by atoms with Gasteiger partial charge in [-0.05, 0) is 43.1 Å². The van der Waals surface area contributed by atoms with Crippen LogP contribution in [0.1, 0.15) is 30.6 Å². The Morgan fingerprint density at radius 3 is 2.75 bits per heavy atom. The molecule has 0 aliphatic carbocycles. The lowest BCUT2D eigenvalue weighted by molar-refractivity contribution is -0.113. The Morgan fingerprint density at radius 1 is 1.45 bits per heavy atom. The zero-order valence-electron chi connectivity index (χ0n) is 11.9. The van der Waals surface area contributed by atoms with Crippen molar-refractivity contribution >= 4 is 16.8 Å². The molecular weight excluding hydrogens is 278 g/mol. The summed E-state index contributed by atoms with van der Waals surface area (Å²) in [5.74, 6) is 0.660. The summed E-state index contributed by atoms with van der Waals surface area (Å²) >= 11 is 5.51. The Morgan fingerprint density at radius 2 is 2.15 bits per heavy atom. The van der Waals surface area contributed by atoms with Gasteiger partial charge >= 0.3 is 0 Å². The minimum absolute atomic E-state index is 0.405. The Kier molecular flexibility index (Phi) is 5.02. The predicted molar refractivity (Wildman–Crippen MR) is 78.3 cm³/mol. The molecule has 0 saturated carbocycles. The molecule has 2 rings (SSSR count). The quantitative estimate of drug-likeness (QED) is 0.783. The molecule has 1 aliphatic rings. The van der Waals surface area contributed by atoms with Gasteiger partial charge in [0.25, 0.3) is 5.24 Å². The van der Waals surface area contributed by atoms with Crippen molar-refractivity contribution in [3.63, 3.8) is 0 Å². The smallest absolute Gasteiger partial charge is 0.252 e. The van der Waals surface area contributed by atoms with Gasteiger partial charge in [0.1, 0.15) is 5.75 Å². The molecule has 5 heteroatoms. The van der Waals surface area contributed by atoms with Gasteiger partial charge < -0.3 is 9.47 Å². The second-order valence-corrected chi connectivity index (χ2v) is 5.37. The first-order chi connectivity index (χ1) is 9.55. The monoisotopic (exact) mass is 297 g/mol. The van der Waals surface area contributed by atoms with Crippen molar-refractivity contribution in [3.8, 4) is 5.75 Å². The van der Waals surface area contributed by atoms with Gasteiger partial charge in [0.05, 0.1) is 13.2 Å². The fourth-order valence-corrected chi connectivity index (χ4v) is 2.45. The minimum Gasteiger partial charge on any atom is -0.473 e. The van der Waals surface area contributed by atoms with Gasteiger partial charge in [-0.2, -0.15) is 0 Å². The van der Waals surface area contributed by atoms with Crippen LogP contribution in [0.5, 0.6) is 5.75 Å². The molecular formula is C15H20ClNO3. The Hall–Kier alpha value is -1.10. The van der Waals surface area contributed by atoms with Crippen molar-refractivity contribution in [2.24, 2.45) is 0 Å². The molecule has 0 amide bonds. The van der Waals surface area contributed by atoms with Crippen molar-refractivity contribution in [1.29, 1.82) is 0 Å². The average molecular weight is 298 g/mol. The van der Waals surface area contributed by atoms with Crippen LogP contribution in [0.3, 0.4) is 0 Å². The van der Waals surface area contributed by atoms with Crippen LogP contribution in [0.15, 0.2) is 24.3 Å². The maximum atomic E-state index is 11.2. The van der Waals surface area contributed by atoms with Crippen molar-refractivity contribution in [2.45, 2.75) is 26.0 Å². The van der Waals surface area contributed by atoms with Crippen LogP contribution in [0.2, 0.25) is 0 Å². The molecule has 1 aromatic rings. The second kappa shape index (κ2) is 6.57. The summed E-state index contributed by atoms with van der Waals surface area (Å²) < 4.78 is 11.5. The van der Waals surface area contributed by atoms with Gasteiger partial charge in [0.15, 0.2) is 5.72 Å². The predicted octanol–water partition coefficient (Wildman–Crippen LogP) is 2.90. The zero-order chi connectivity index (χ0) is 14.6. The van der Waals surface area contributed by atoms with E-state index in [1.165, 1.54) is 0 Å². The SMILES string of the molecule is CCC(C)(Oc1cccc(C(=O)Cl)c1)N1CCOCC1. The Labute approximate surface area is 124 Å². The molecule has 1 atom stereocenters. The van der Waals surface area contributed by atoms with E-state index in [0.29, 0.717) is 11.3 Å². The largest absolute Gasteiger partial charge is 0.473 e. The van der Waals surface area contributed by atoms with E-state index >= 15 is 0 Å². The molecule has 1 fully saturated rings. The molecule has 0 bridgehead atoms. The van der Waals surface area contributed by atoms with Crippen LogP contribution in [-0.4, -0.2) is 42.2 Å². The molecule has 1 unspecified atom stereocenters. The average Bonchev–Trinajstić information content (AvgIpc) is 2.48. The van der Waals surface area contributed by atoms with Crippen LogP contribution in [-0.2, 0) is 4.74 Å². The number of benzene rings is 1. The van der Waals surface area contributed by atoms with Gasteiger partial charge in [-0.3, -0.25) is 9.69 Å². The lowest BCUT2D eigenvalue weighted by Gasteiger charge is -2.42. The van der Waals surface area contributed by atoms with E-state index in [0.717, 1.165) is 32.7 Å². The summed E-state index contributed by atoms with van der Waals surface area (Å²) in [6, 6.07) is 6.99. The number of halogens is 1. The van der Waals surface area contributed by atoms with E-state index in [4.69, 9.17) is 21.1 Å². The van der Waals surface area contributed by atoms with E-state index in [1.807, 2.05) is 6.07 Å². The molecule has 1 heterocycles. The second-order valence-electron chi connectivity index (χ2n) is 5.03. The van der Waals surface area contributed by atoms with Gasteiger partial charge in [-0.15, -0.1) is 0 Å². The molecule has 110 valence electrons. The van der Waals surface area contributed by atoms with E-state index in [2.05, 4.69) is 18.7 Å². The number of hydrogen-bond donors (Lipinski definition) is 0. The Bertz CT molecular complexity index is 474. The summed E-state index contributed by atoms with van der Waals surface area (Å²) in [6.07, 6.45) is 0.839. The van der Waals surface area contributed by atoms with Gasteiger partial charge in [-0.1, -0.05) is 13.0 Å². The van der Waals surface area contributed by atoms with E-state index in [1.54, 1.807) is 18.2 Å². The summed E-state index contributed by atoms with van der Waals surface area (Å²) in [5.41, 5.74) is 0.0437. The lowest BCUT2D eigenvalue weighted by Crippen LogP contribution is -2.54. The topological polar surface area (TPSA) is 38.8 Å². The fraction of sp³-hybridized carbons (Fsp3) is 0.533. The van der Waals surface area contributed by atoms with Crippen LogP contribution in [0.4, 0.5) is 0 Å². The molecule has 20 heavy (non-hydrogen) atoms. The van der Waals surface area contributed by atoms with Crippen LogP contribution >= 0.6 is 11.6 Å². The molecule has 1 aromatic carbocycles. The minimum atomic E-state index is -0.472. The van der Waals surface area contributed by atoms with E-state index < -0.39 is 11.0 Å². The summed E-state index contributed by atoms with van der Waals surface area (Å²) in [4.78, 5) is 13.5. The number of carbonyl (C=O) groups excluding carboxylic acids is 1. The van der Waals surface area contributed by atoms with E-state index in [9.17, 15) is 4.79 Å². The first-order valence-corrected chi connectivity index (χ1v) is 7.24. The number of carbonyl (C=O) groups is 1. The van der Waals surface area contributed by atoms with Crippen LogP contribution in [0, 0.1) is 0 Å². The van der Waals surface area contributed by atoms with Crippen molar-refractivity contribution in [2.75, 3.05) is 26.3 Å². The molecule has 0 N–H and O–H groups in total. The molecule has 1 aliphatic heterocycles. The number of morpholine rings is 1. The van der Waals surface area contributed by atoms with Gasteiger partial charge in [-0.25, -0.2) is 0 Å². The maximum absolute atomic E-state index is 11.2. The molecule has 0 radical (unpaired) electrons. The highest BCUT2D eigenvalue weighted by atomic mass is 35.5. The number of rotatable bonds is 5. The van der Waals surface area contributed by atoms with Crippen LogP contribution < -0.4 is 4.74 Å². The maximum Gasteiger partial charge on any atom is 0.252 e. The van der Waals surface area contributed by atoms with Gasteiger partial charge in [0, 0.05) is 18.7 Å². The molecule has 4 nitrogen and oxygen atoms in total. The highest BCUT2D eigenvalue weighted by Crippen LogP contribution is 2.26. The third-order valence-corrected chi connectivity index (χ3v) is 3.95. The highest BCUT2D eigenvalue weighted by Gasteiger charge is 2.33. The molecule has 1 saturated heterocycles. The number of hydrogen-bond acceptors (Lipinski definition) is 4. The molecule has 0 spiro atoms. The third-order valence-electron chi connectivity index (χ3n) is 3.73. The normalized spacial score (nSPS) is 19.4. The molecule has 0 aromatic heterocycles. The number of nitrogens with zero attached hydrogens (tertiary/aromatic N) is 1. The van der Waals surface area contributed by atoms with Crippen molar-refractivity contribution in [3.05, 3.63) is 29.8 Å². The summed E-state index contributed by atoms with van der Waals surface area (Å²) in [7, 11) is 0. The first-order valence-electron chi connectivity index (χ1n) is 6.87. The summed E-state index contributed by atoms with van der Waals surface area (Å²) in [6.45, 7) is 7.29. The van der Waals surface area contributed by atoms with Crippen molar-refractivity contribution < 1.29 is 14.3 Å². The lowest BCUT2D eigenvalue weighted by atomic mass is 10.1. The van der Waals surface area contributed by atoms with Crippen molar-refractivity contribution in [1.82, 2.24) is 4.90 Å². The zero-order valence-corrected chi connectivity index (χ0v) is 12.7. The van der Waals surface area contributed by atoms with Crippen LogP contribution in [0.25, 0.3) is 0 Å². The highest BCUT2D eigenvalue weighted by molar-refractivity contribution is 6.67. The summed E-state index contributed by atoms with van der Waals surface area (Å²) in [5, 5.41) is -0.472. The van der Waals surface area contributed by atoms with E-state index in [-0.39, 0.29) is 0 Å². The van der Waals surface area contributed by atoms with Gasteiger partial charge in [0.2, 0.25) is 0 Å². The number of ether oxygens (including phenoxy) is 2. The third kappa shape index (κ3) is 3.51. The Balaban J connectivity index is 2.16. The first kappa shape index (κ1) is 15.3. The standard InChI is InChI=1S/C15H20ClNO3/c1-3-15(2,17-7-9-19-10-8-17)20-13-6-4-5-12(11-13)14(16)18/h4-6,11H,3,7-10H2,1-2H3. The fourth-order valence-electron chi connectivity index (χ4n) is 2.33.